The van der Waals surface area contributed by atoms with Gasteiger partial charge in [0.2, 0.25) is 0 Å². The molecule has 0 aliphatic carbocycles. The van der Waals surface area contributed by atoms with Crippen molar-refractivity contribution < 1.29 is 24.2 Å². The van der Waals surface area contributed by atoms with Crippen molar-refractivity contribution in [2.24, 2.45) is 5.92 Å². The van der Waals surface area contributed by atoms with Crippen LogP contribution in [0.3, 0.4) is 0 Å². The third kappa shape index (κ3) is 5.75. The molecular weight excluding hydrogens is 434 g/mol. The van der Waals surface area contributed by atoms with Gasteiger partial charge in [-0.25, -0.2) is 4.68 Å². The number of aryl methyl sites for hydroxylation is 1. The van der Waals surface area contributed by atoms with Gasteiger partial charge >= 0.3 is 5.97 Å². The minimum atomic E-state index is -0.962. The standard InChI is InChI=1S/C26H31N3O5/c1-16(2)13-18(14-24(30)31)27-26(32)20-15-21(25-22(33-4)7-6-8-23(25)34-5)29(28-20)19-11-9-17(3)10-12-19/h6-12,15-16,18H,13-14H2,1-5H3,(H,27,32)(H,30,31). The summed E-state index contributed by atoms with van der Waals surface area (Å²) in [6, 6.07) is 14.4. The molecule has 3 rings (SSSR count). The average Bonchev–Trinajstić information content (AvgIpc) is 3.23. The number of amides is 1. The molecule has 34 heavy (non-hydrogen) atoms. The van der Waals surface area contributed by atoms with E-state index in [1.165, 1.54) is 0 Å². The number of carboxylic acid groups (broad SMARTS) is 1. The van der Waals surface area contributed by atoms with Crippen LogP contribution in [0.15, 0.2) is 48.5 Å². The van der Waals surface area contributed by atoms with Crippen molar-refractivity contribution >= 4 is 11.9 Å². The summed E-state index contributed by atoms with van der Waals surface area (Å²) in [6.07, 6.45) is 0.389. The van der Waals surface area contributed by atoms with Gasteiger partial charge in [-0.3, -0.25) is 9.59 Å². The first-order chi connectivity index (χ1) is 16.2. The zero-order valence-electron chi connectivity index (χ0n) is 20.2. The number of nitrogens with zero attached hydrogens (tertiary/aromatic N) is 2. The number of rotatable bonds is 10. The van der Waals surface area contributed by atoms with Crippen molar-refractivity contribution in [1.82, 2.24) is 15.1 Å². The van der Waals surface area contributed by atoms with Gasteiger partial charge < -0.3 is 19.9 Å². The number of aliphatic carboxylic acids is 1. The summed E-state index contributed by atoms with van der Waals surface area (Å²) in [4.78, 5) is 24.5. The van der Waals surface area contributed by atoms with E-state index in [9.17, 15) is 14.7 Å². The molecule has 0 radical (unpaired) electrons. The minimum Gasteiger partial charge on any atom is -0.496 e. The van der Waals surface area contributed by atoms with Crippen LogP contribution in [0.5, 0.6) is 11.5 Å². The van der Waals surface area contributed by atoms with Gasteiger partial charge in [-0.1, -0.05) is 37.6 Å². The van der Waals surface area contributed by atoms with Crippen molar-refractivity contribution in [2.75, 3.05) is 14.2 Å². The monoisotopic (exact) mass is 465 g/mol. The highest BCUT2D eigenvalue weighted by atomic mass is 16.5. The third-order valence-electron chi connectivity index (χ3n) is 5.42. The summed E-state index contributed by atoms with van der Waals surface area (Å²) < 4.78 is 12.8. The summed E-state index contributed by atoms with van der Waals surface area (Å²) in [5, 5.41) is 16.7. The van der Waals surface area contributed by atoms with Crippen molar-refractivity contribution in [1.29, 1.82) is 0 Å². The van der Waals surface area contributed by atoms with Crippen LogP contribution in [0.4, 0.5) is 0 Å². The van der Waals surface area contributed by atoms with Gasteiger partial charge in [-0.05, 0) is 49.6 Å². The molecule has 0 aliphatic rings. The van der Waals surface area contributed by atoms with E-state index in [1.807, 2.05) is 63.2 Å². The summed E-state index contributed by atoms with van der Waals surface area (Å²) in [6.45, 7) is 5.96. The number of nitrogens with one attached hydrogen (secondary N) is 1. The Bertz CT molecular complexity index is 1130. The maximum Gasteiger partial charge on any atom is 0.305 e. The molecule has 0 aliphatic heterocycles. The van der Waals surface area contributed by atoms with Gasteiger partial charge in [0.15, 0.2) is 5.69 Å². The summed E-state index contributed by atoms with van der Waals surface area (Å²) in [5.41, 5.74) is 3.29. The Morgan fingerprint density at radius 3 is 2.21 bits per heavy atom. The first-order valence-corrected chi connectivity index (χ1v) is 11.1. The van der Waals surface area contributed by atoms with Gasteiger partial charge in [0.05, 0.1) is 37.6 Å². The quantitative estimate of drug-likeness (QED) is 0.458. The summed E-state index contributed by atoms with van der Waals surface area (Å²) in [7, 11) is 3.14. The molecule has 1 heterocycles. The van der Waals surface area contributed by atoms with Crippen molar-refractivity contribution in [3.8, 4) is 28.4 Å². The van der Waals surface area contributed by atoms with E-state index < -0.39 is 17.9 Å². The first-order valence-electron chi connectivity index (χ1n) is 11.1. The fraction of sp³-hybridized carbons (Fsp3) is 0.346. The third-order valence-corrected chi connectivity index (χ3v) is 5.42. The Balaban J connectivity index is 2.10. The zero-order valence-corrected chi connectivity index (χ0v) is 20.2. The number of carbonyl (C=O) groups is 2. The van der Waals surface area contributed by atoms with Crippen molar-refractivity contribution in [2.45, 2.75) is 39.7 Å². The fourth-order valence-corrected chi connectivity index (χ4v) is 3.89. The number of hydrogen-bond acceptors (Lipinski definition) is 5. The van der Waals surface area contributed by atoms with Crippen molar-refractivity contribution in [3.63, 3.8) is 0 Å². The van der Waals surface area contributed by atoms with Gasteiger partial charge in [0, 0.05) is 6.04 Å². The molecular formula is C26H31N3O5. The van der Waals surface area contributed by atoms with Crippen LogP contribution >= 0.6 is 0 Å². The van der Waals surface area contributed by atoms with E-state index in [0.717, 1.165) is 11.3 Å². The van der Waals surface area contributed by atoms with Gasteiger partial charge in [-0.15, -0.1) is 0 Å². The minimum absolute atomic E-state index is 0.157. The maximum absolute atomic E-state index is 13.2. The lowest BCUT2D eigenvalue weighted by Gasteiger charge is -2.18. The zero-order chi connectivity index (χ0) is 24.8. The van der Waals surface area contributed by atoms with Gasteiger partial charge in [0.25, 0.3) is 5.91 Å². The second kappa shape index (κ2) is 10.9. The normalized spacial score (nSPS) is 11.8. The molecule has 0 saturated carbocycles. The first kappa shape index (κ1) is 24.8. The summed E-state index contributed by atoms with van der Waals surface area (Å²) >= 11 is 0. The lowest BCUT2D eigenvalue weighted by atomic mass is 10.0. The molecule has 0 saturated heterocycles. The maximum atomic E-state index is 13.2. The average molecular weight is 466 g/mol. The number of carbonyl (C=O) groups excluding carboxylic acids is 1. The molecule has 1 atom stereocenters. The highest BCUT2D eigenvalue weighted by molar-refractivity contribution is 5.94. The van der Waals surface area contributed by atoms with Crippen LogP contribution in [-0.4, -0.2) is 47.0 Å². The molecule has 1 unspecified atom stereocenters. The second-order valence-corrected chi connectivity index (χ2v) is 8.60. The largest absolute Gasteiger partial charge is 0.496 e. The van der Waals surface area contributed by atoms with E-state index in [0.29, 0.717) is 29.2 Å². The Labute approximate surface area is 199 Å². The van der Waals surface area contributed by atoms with E-state index in [1.54, 1.807) is 25.0 Å². The highest BCUT2D eigenvalue weighted by Crippen LogP contribution is 2.39. The Morgan fingerprint density at radius 1 is 1.06 bits per heavy atom. The van der Waals surface area contributed by atoms with Gasteiger partial charge in [-0.2, -0.15) is 5.10 Å². The molecule has 8 nitrogen and oxygen atoms in total. The molecule has 1 aromatic heterocycles. The number of aromatic nitrogens is 2. The highest BCUT2D eigenvalue weighted by Gasteiger charge is 2.24. The molecule has 8 heteroatoms. The Hall–Kier alpha value is -3.81. The lowest BCUT2D eigenvalue weighted by molar-refractivity contribution is -0.137. The van der Waals surface area contributed by atoms with Crippen molar-refractivity contribution in [3.05, 3.63) is 59.8 Å². The summed E-state index contributed by atoms with van der Waals surface area (Å²) in [5.74, 6) is -0.0297. The Morgan fingerprint density at radius 2 is 1.68 bits per heavy atom. The van der Waals surface area contributed by atoms with E-state index in [2.05, 4.69) is 10.4 Å². The van der Waals surface area contributed by atoms with E-state index in [-0.39, 0.29) is 18.0 Å². The molecule has 1 amide bonds. The lowest BCUT2D eigenvalue weighted by Crippen LogP contribution is -2.37. The molecule has 0 spiro atoms. The molecule has 2 aromatic carbocycles. The van der Waals surface area contributed by atoms with Crippen LogP contribution in [0.2, 0.25) is 0 Å². The number of hydrogen-bond donors (Lipinski definition) is 2. The number of benzene rings is 2. The number of carboxylic acids is 1. The van der Waals surface area contributed by atoms with Crippen LogP contribution in [0.1, 0.15) is 42.7 Å². The molecule has 180 valence electrons. The van der Waals surface area contributed by atoms with Crippen LogP contribution in [-0.2, 0) is 4.79 Å². The van der Waals surface area contributed by atoms with E-state index in [4.69, 9.17) is 9.47 Å². The van der Waals surface area contributed by atoms with Crippen LogP contribution in [0.25, 0.3) is 16.9 Å². The number of methoxy groups -OCH3 is 2. The van der Waals surface area contributed by atoms with Crippen LogP contribution in [0, 0.1) is 12.8 Å². The molecule has 0 bridgehead atoms. The Kier molecular flexibility index (Phi) is 7.94. The van der Waals surface area contributed by atoms with E-state index >= 15 is 0 Å². The fourth-order valence-electron chi connectivity index (χ4n) is 3.89. The topological polar surface area (TPSA) is 103 Å². The molecule has 2 N–H and O–H groups in total. The van der Waals surface area contributed by atoms with Gasteiger partial charge in [0.1, 0.15) is 11.5 Å². The smallest absolute Gasteiger partial charge is 0.305 e. The number of ether oxygens (including phenoxy) is 2. The molecule has 0 fully saturated rings. The van der Waals surface area contributed by atoms with Crippen LogP contribution < -0.4 is 14.8 Å². The SMILES string of the molecule is COc1cccc(OC)c1-c1cc(C(=O)NC(CC(=O)O)CC(C)C)nn1-c1ccc(C)cc1. The molecule has 3 aromatic rings. The predicted octanol–water partition coefficient (Wildman–Crippen LogP) is 4.48. The predicted molar refractivity (Wildman–Crippen MR) is 130 cm³/mol. The second-order valence-electron chi connectivity index (χ2n) is 8.60.